The summed E-state index contributed by atoms with van der Waals surface area (Å²) < 4.78 is 9.59. The number of carbonyl (C=O) groups excluding carboxylic acids is 1. The highest BCUT2D eigenvalue weighted by Gasteiger charge is 1.99. The Bertz CT molecular complexity index is 106. The maximum absolute atomic E-state index is 10.7. The van der Waals surface area contributed by atoms with Crippen molar-refractivity contribution in [1.82, 2.24) is 5.32 Å². The summed E-state index contributed by atoms with van der Waals surface area (Å²) in [7, 11) is 1.80. The van der Waals surface area contributed by atoms with Gasteiger partial charge in [0.1, 0.15) is 13.2 Å². The van der Waals surface area contributed by atoms with Gasteiger partial charge in [0.05, 0.1) is 0 Å². The van der Waals surface area contributed by atoms with Crippen molar-refractivity contribution in [2.24, 2.45) is 0 Å². The van der Waals surface area contributed by atoms with E-state index in [0.717, 1.165) is 0 Å². The van der Waals surface area contributed by atoms with Crippen molar-refractivity contribution in [2.45, 2.75) is 6.92 Å². The van der Waals surface area contributed by atoms with Crippen molar-refractivity contribution < 1.29 is 14.3 Å². The van der Waals surface area contributed by atoms with Crippen LogP contribution in [0.1, 0.15) is 6.92 Å². The molecule has 0 unspecified atom stereocenters. The van der Waals surface area contributed by atoms with Crippen LogP contribution in [-0.2, 0) is 14.3 Å². The molecular formula is C7H15NO3. The molecule has 0 aliphatic heterocycles. The first-order chi connectivity index (χ1) is 5.31. The molecule has 0 saturated heterocycles. The van der Waals surface area contributed by atoms with Crippen LogP contribution in [0, 0.1) is 0 Å². The molecular weight excluding hydrogens is 146 g/mol. The molecule has 0 fully saturated rings. The number of esters is 1. The zero-order valence-corrected chi connectivity index (χ0v) is 7.05. The summed E-state index contributed by atoms with van der Waals surface area (Å²) >= 11 is 0. The predicted molar refractivity (Wildman–Crippen MR) is 41.4 cm³/mol. The van der Waals surface area contributed by atoms with E-state index in [0.29, 0.717) is 19.8 Å². The van der Waals surface area contributed by atoms with Gasteiger partial charge in [-0.3, -0.25) is 0 Å². The Kier molecular flexibility index (Phi) is 7.08. The summed E-state index contributed by atoms with van der Waals surface area (Å²) in [5.74, 6) is -0.304. The van der Waals surface area contributed by atoms with E-state index >= 15 is 0 Å². The summed E-state index contributed by atoms with van der Waals surface area (Å²) in [4.78, 5) is 10.7. The van der Waals surface area contributed by atoms with Crippen LogP contribution in [0.25, 0.3) is 0 Å². The molecule has 0 radical (unpaired) electrons. The SMILES string of the molecule is CCOCC(=O)OCCNC. The Morgan fingerprint density at radius 2 is 2.27 bits per heavy atom. The lowest BCUT2D eigenvalue weighted by Crippen LogP contribution is -2.19. The van der Waals surface area contributed by atoms with Gasteiger partial charge in [0, 0.05) is 13.2 Å². The maximum Gasteiger partial charge on any atom is 0.332 e. The Labute approximate surface area is 66.9 Å². The Balaban J connectivity index is 3.09. The molecule has 0 rings (SSSR count). The lowest BCUT2D eigenvalue weighted by atomic mass is 10.6. The molecule has 0 spiro atoms. The number of ether oxygens (including phenoxy) is 2. The number of hydrogen-bond donors (Lipinski definition) is 1. The lowest BCUT2D eigenvalue weighted by molar-refractivity contribution is -0.148. The fourth-order valence-electron chi connectivity index (χ4n) is 0.494. The molecule has 0 aromatic heterocycles. The Hall–Kier alpha value is -0.610. The maximum atomic E-state index is 10.7. The first kappa shape index (κ1) is 10.4. The van der Waals surface area contributed by atoms with Crippen molar-refractivity contribution in [1.29, 1.82) is 0 Å². The van der Waals surface area contributed by atoms with E-state index < -0.39 is 0 Å². The van der Waals surface area contributed by atoms with Crippen molar-refractivity contribution in [3.63, 3.8) is 0 Å². The number of likely N-dealkylation sites (N-methyl/N-ethyl adjacent to an activating group) is 1. The fraction of sp³-hybridized carbons (Fsp3) is 0.857. The van der Waals surface area contributed by atoms with Crippen LogP contribution in [0.4, 0.5) is 0 Å². The summed E-state index contributed by atoms with van der Waals surface area (Å²) in [5.41, 5.74) is 0. The molecule has 1 N–H and O–H groups in total. The highest BCUT2D eigenvalue weighted by atomic mass is 16.6. The van der Waals surface area contributed by atoms with E-state index in [1.54, 1.807) is 7.05 Å². The van der Waals surface area contributed by atoms with Gasteiger partial charge in [0.25, 0.3) is 0 Å². The van der Waals surface area contributed by atoms with Crippen LogP contribution in [0.5, 0.6) is 0 Å². The zero-order valence-electron chi connectivity index (χ0n) is 7.05. The standard InChI is InChI=1S/C7H15NO3/c1-3-10-6-7(9)11-5-4-8-2/h8H,3-6H2,1-2H3. The molecule has 4 heteroatoms. The molecule has 0 aromatic rings. The minimum atomic E-state index is -0.304. The largest absolute Gasteiger partial charge is 0.463 e. The number of nitrogens with one attached hydrogen (secondary N) is 1. The first-order valence-corrected chi connectivity index (χ1v) is 3.69. The first-order valence-electron chi connectivity index (χ1n) is 3.69. The Morgan fingerprint density at radius 3 is 2.82 bits per heavy atom. The predicted octanol–water partition coefficient (Wildman–Crippen LogP) is -0.215. The van der Waals surface area contributed by atoms with E-state index in [-0.39, 0.29) is 12.6 Å². The summed E-state index contributed by atoms with van der Waals surface area (Å²) in [5, 5.41) is 2.86. The molecule has 0 aromatic carbocycles. The van der Waals surface area contributed by atoms with Gasteiger partial charge in [0.2, 0.25) is 0 Å². The van der Waals surface area contributed by atoms with Crippen molar-refractivity contribution >= 4 is 5.97 Å². The van der Waals surface area contributed by atoms with Gasteiger partial charge in [0.15, 0.2) is 0 Å². The van der Waals surface area contributed by atoms with Crippen molar-refractivity contribution in [3.8, 4) is 0 Å². The van der Waals surface area contributed by atoms with E-state index in [1.165, 1.54) is 0 Å². The highest BCUT2D eigenvalue weighted by Crippen LogP contribution is 1.79. The third-order valence-electron chi connectivity index (χ3n) is 1.04. The smallest absolute Gasteiger partial charge is 0.332 e. The van der Waals surface area contributed by atoms with Gasteiger partial charge >= 0.3 is 5.97 Å². The third kappa shape index (κ3) is 7.29. The molecule has 66 valence electrons. The number of rotatable bonds is 6. The van der Waals surface area contributed by atoms with Crippen molar-refractivity contribution in [3.05, 3.63) is 0 Å². The molecule has 4 nitrogen and oxygen atoms in total. The summed E-state index contributed by atoms with van der Waals surface area (Å²) in [6.07, 6.45) is 0. The molecule has 0 atom stereocenters. The van der Waals surface area contributed by atoms with Crippen LogP contribution in [0.15, 0.2) is 0 Å². The highest BCUT2D eigenvalue weighted by molar-refractivity contribution is 5.70. The van der Waals surface area contributed by atoms with Gasteiger partial charge in [-0.25, -0.2) is 4.79 Å². The second-order valence-electron chi connectivity index (χ2n) is 1.96. The van der Waals surface area contributed by atoms with Crippen LogP contribution < -0.4 is 5.32 Å². The Morgan fingerprint density at radius 1 is 1.55 bits per heavy atom. The second kappa shape index (κ2) is 7.50. The molecule has 0 aliphatic rings. The monoisotopic (exact) mass is 161 g/mol. The van der Waals surface area contributed by atoms with E-state index in [4.69, 9.17) is 9.47 Å². The minimum absolute atomic E-state index is 0.0558. The summed E-state index contributed by atoms with van der Waals surface area (Å²) in [6.45, 7) is 3.52. The van der Waals surface area contributed by atoms with Gasteiger partial charge in [-0.2, -0.15) is 0 Å². The van der Waals surface area contributed by atoms with E-state index in [9.17, 15) is 4.79 Å². The number of hydrogen-bond acceptors (Lipinski definition) is 4. The quantitative estimate of drug-likeness (QED) is 0.432. The number of carbonyl (C=O) groups is 1. The fourth-order valence-corrected chi connectivity index (χ4v) is 0.494. The van der Waals surface area contributed by atoms with Crippen LogP contribution in [0.2, 0.25) is 0 Å². The third-order valence-corrected chi connectivity index (χ3v) is 1.04. The second-order valence-corrected chi connectivity index (χ2v) is 1.96. The van der Waals surface area contributed by atoms with E-state index in [2.05, 4.69) is 5.32 Å². The summed E-state index contributed by atoms with van der Waals surface area (Å²) in [6, 6.07) is 0. The van der Waals surface area contributed by atoms with Crippen LogP contribution in [0.3, 0.4) is 0 Å². The molecule has 0 amide bonds. The average Bonchev–Trinajstić information content (AvgIpc) is 2.01. The molecule has 0 heterocycles. The molecule has 0 bridgehead atoms. The molecule has 0 saturated carbocycles. The van der Waals surface area contributed by atoms with Gasteiger partial charge in [-0.05, 0) is 14.0 Å². The van der Waals surface area contributed by atoms with E-state index in [1.807, 2.05) is 6.92 Å². The zero-order chi connectivity index (χ0) is 8.53. The lowest BCUT2D eigenvalue weighted by Gasteiger charge is -2.03. The molecule has 0 aliphatic carbocycles. The van der Waals surface area contributed by atoms with Crippen molar-refractivity contribution in [2.75, 3.05) is 33.4 Å². The van der Waals surface area contributed by atoms with Gasteiger partial charge in [-0.1, -0.05) is 0 Å². The normalized spacial score (nSPS) is 9.64. The average molecular weight is 161 g/mol. The minimum Gasteiger partial charge on any atom is -0.463 e. The topological polar surface area (TPSA) is 47.6 Å². The van der Waals surface area contributed by atoms with Crippen LogP contribution >= 0.6 is 0 Å². The van der Waals surface area contributed by atoms with Gasteiger partial charge in [-0.15, -0.1) is 0 Å². The van der Waals surface area contributed by atoms with Gasteiger partial charge < -0.3 is 14.8 Å². The molecule has 11 heavy (non-hydrogen) atoms. The van der Waals surface area contributed by atoms with Crippen LogP contribution in [-0.4, -0.2) is 39.4 Å².